The van der Waals surface area contributed by atoms with Crippen molar-refractivity contribution in [3.05, 3.63) is 46.6 Å². The van der Waals surface area contributed by atoms with E-state index in [9.17, 15) is 9.59 Å². The van der Waals surface area contributed by atoms with Crippen molar-refractivity contribution in [2.24, 2.45) is 0 Å². The van der Waals surface area contributed by atoms with Gasteiger partial charge in [0.2, 0.25) is 0 Å². The van der Waals surface area contributed by atoms with Crippen molar-refractivity contribution < 1.29 is 19.1 Å². The highest BCUT2D eigenvalue weighted by Gasteiger charge is 2.45. The van der Waals surface area contributed by atoms with Gasteiger partial charge >= 0.3 is 11.9 Å². The number of nitrogen functional groups attached to an aromatic ring is 1. The third-order valence-corrected chi connectivity index (χ3v) is 5.17. The van der Waals surface area contributed by atoms with E-state index in [1.54, 1.807) is 13.0 Å². The largest absolute Gasteiger partial charge is 0.466 e. The smallest absolute Gasteiger partial charge is 0.311 e. The predicted molar refractivity (Wildman–Crippen MR) is 107 cm³/mol. The molecule has 0 aliphatic heterocycles. The molecule has 0 amide bonds. The van der Waals surface area contributed by atoms with E-state index in [-0.39, 0.29) is 23.8 Å². The Morgan fingerprint density at radius 1 is 1.21 bits per heavy atom. The van der Waals surface area contributed by atoms with Gasteiger partial charge in [-0.1, -0.05) is 35.9 Å². The highest BCUT2D eigenvalue weighted by Crippen LogP contribution is 2.48. The molecule has 0 atom stereocenters. The number of esters is 2. The molecule has 1 aromatic heterocycles. The average molecular weight is 403 g/mol. The van der Waals surface area contributed by atoms with Crippen molar-refractivity contribution in [3.63, 3.8) is 0 Å². The lowest BCUT2D eigenvalue weighted by molar-refractivity contribution is -0.143. The van der Waals surface area contributed by atoms with E-state index in [4.69, 9.17) is 26.8 Å². The van der Waals surface area contributed by atoms with Gasteiger partial charge in [-0.2, -0.15) is 0 Å². The van der Waals surface area contributed by atoms with Crippen LogP contribution in [0.1, 0.15) is 37.9 Å². The SMILES string of the molecule is CCOC(=O)Cc1nc(-c2ccc(C3(COC(C)=O)CC3)cc2)c(Cl)cc1N. The topological polar surface area (TPSA) is 91.5 Å². The van der Waals surface area contributed by atoms with Crippen molar-refractivity contribution >= 4 is 29.2 Å². The fourth-order valence-corrected chi connectivity index (χ4v) is 3.39. The van der Waals surface area contributed by atoms with Crippen LogP contribution in [0, 0.1) is 0 Å². The summed E-state index contributed by atoms with van der Waals surface area (Å²) in [6, 6.07) is 9.48. The van der Waals surface area contributed by atoms with Gasteiger partial charge in [0.25, 0.3) is 0 Å². The Labute approximate surface area is 169 Å². The number of pyridine rings is 1. The standard InChI is InChI=1S/C21H23ClN2O4/c1-3-27-19(26)11-18-17(23)10-16(22)20(24-18)14-4-6-15(7-5-14)21(8-9-21)12-28-13(2)25/h4-7,10H,3,8-9,11-12,23H2,1-2H3. The van der Waals surface area contributed by atoms with Gasteiger partial charge in [-0.25, -0.2) is 4.98 Å². The molecule has 2 aromatic rings. The highest BCUT2D eigenvalue weighted by molar-refractivity contribution is 6.33. The minimum atomic E-state index is -0.383. The summed E-state index contributed by atoms with van der Waals surface area (Å²) < 4.78 is 10.2. The first-order valence-corrected chi connectivity index (χ1v) is 9.57. The Hall–Kier alpha value is -2.60. The first kappa shape index (κ1) is 20.1. The fourth-order valence-electron chi connectivity index (χ4n) is 3.12. The predicted octanol–water partition coefficient (Wildman–Crippen LogP) is 3.68. The summed E-state index contributed by atoms with van der Waals surface area (Å²) in [6.45, 7) is 3.86. The van der Waals surface area contributed by atoms with Gasteiger partial charge in [0, 0.05) is 17.9 Å². The van der Waals surface area contributed by atoms with Crippen molar-refractivity contribution in [2.45, 2.75) is 38.5 Å². The molecule has 6 nitrogen and oxygen atoms in total. The van der Waals surface area contributed by atoms with E-state index in [2.05, 4.69) is 4.98 Å². The number of benzene rings is 1. The van der Waals surface area contributed by atoms with E-state index in [1.165, 1.54) is 6.92 Å². The molecule has 1 aliphatic carbocycles. The van der Waals surface area contributed by atoms with Crippen molar-refractivity contribution in [1.29, 1.82) is 0 Å². The number of aromatic nitrogens is 1. The molecular formula is C21H23ClN2O4. The summed E-state index contributed by atoms with van der Waals surface area (Å²) in [5, 5.41) is 0.416. The highest BCUT2D eigenvalue weighted by atomic mass is 35.5. The number of carbonyl (C=O) groups is 2. The van der Waals surface area contributed by atoms with Crippen LogP contribution in [0.5, 0.6) is 0 Å². The van der Waals surface area contributed by atoms with Crippen LogP contribution < -0.4 is 5.73 Å². The summed E-state index contributed by atoms with van der Waals surface area (Å²) in [5.74, 6) is -0.652. The lowest BCUT2D eigenvalue weighted by Gasteiger charge is -2.16. The normalized spacial score (nSPS) is 14.4. The van der Waals surface area contributed by atoms with Crippen LogP contribution in [0.3, 0.4) is 0 Å². The molecule has 148 valence electrons. The van der Waals surface area contributed by atoms with Gasteiger partial charge in [-0.15, -0.1) is 0 Å². The van der Waals surface area contributed by atoms with Crippen molar-refractivity contribution in [1.82, 2.24) is 4.98 Å². The van der Waals surface area contributed by atoms with Crippen molar-refractivity contribution in [2.75, 3.05) is 18.9 Å². The summed E-state index contributed by atoms with van der Waals surface area (Å²) >= 11 is 6.34. The number of halogens is 1. The summed E-state index contributed by atoms with van der Waals surface area (Å²) in [7, 11) is 0. The van der Waals surface area contributed by atoms with Crippen LogP contribution in [-0.4, -0.2) is 30.1 Å². The third-order valence-electron chi connectivity index (χ3n) is 4.88. The average Bonchev–Trinajstić information content (AvgIpc) is 3.44. The second kappa shape index (κ2) is 8.19. The maximum atomic E-state index is 11.8. The Kier molecular flexibility index (Phi) is 5.89. The van der Waals surface area contributed by atoms with Crippen molar-refractivity contribution in [3.8, 4) is 11.3 Å². The van der Waals surface area contributed by atoms with E-state index >= 15 is 0 Å². The van der Waals surface area contributed by atoms with Crippen LogP contribution in [0.4, 0.5) is 5.69 Å². The van der Waals surface area contributed by atoms with Crippen LogP contribution >= 0.6 is 11.6 Å². The lowest BCUT2D eigenvalue weighted by atomic mass is 9.95. The first-order chi connectivity index (χ1) is 13.3. The second-order valence-corrected chi connectivity index (χ2v) is 7.38. The molecule has 1 aromatic carbocycles. The molecule has 0 saturated heterocycles. The molecule has 2 N–H and O–H groups in total. The van der Waals surface area contributed by atoms with E-state index in [1.807, 2.05) is 24.3 Å². The zero-order valence-electron chi connectivity index (χ0n) is 16.0. The van der Waals surface area contributed by atoms with Gasteiger partial charge < -0.3 is 15.2 Å². The molecule has 1 fully saturated rings. The molecule has 1 aliphatic rings. The molecular weight excluding hydrogens is 380 g/mol. The maximum absolute atomic E-state index is 11.8. The van der Waals surface area contributed by atoms with Gasteiger partial charge in [-0.05, 0) is 31.4 Å². The number of ether oxygens (including phenoxy) is 2. The second-order valence-electron chi connectivity index (χ2n) is 6.97. The molecule has 28 heavy (non-hydrogen) atoms. The molecule has 0 radical (unpaired) electrons. The monoisotopic (exact) mass is 402 g/mol. The summed E-state index contributed by atoms with van der Waals surface area (Å²) in [4.78, 5) is 27.4. The minimum Gasteiger partial charge on any atom is -0.466 e. The quantitative estimate of drug-likeness (QED) is 0.710. The number of hydrogen-bond acceptors (Lipinski definition) is 6. The minimum absolute atomic E-state index is 0.00653. The van der Waals surface area contributed by atoms with Gasteiger partial charge in [-0.3, -0.25) is 9.59 Å². The zero-order chi connectivity index (χ0) is 20.3. The van der Waals surface area contributed by atoms with E-state index in [0.29, 0.717) is 35.3 Å². The Balaban J connectivity index is 1.83. The summed E-state index contributed by atoms with van der Waals surface area (Å²) in [5.41, 5.74) is 9.18. The molecule has 0 unspecified atom stereocenters. The number of nitrogens with two attached hydrogens (primary N) is 1. The third kappa shape index (κ3) is 4.44. The van der Waals surface area contributed by atoms with Gasteiger partial charge in [0.15, 0.2) is 0 Å². The van der Waals surface area contributed by atoms with E-state index in [0.717, 1.165) is 24.0 Å². The number of rotatable bonds is 7. The Morgan fingerprint density at radius 3 is 2.46 bits per heavy atom. The number of nitrogens with zero attached hydrogens (tertiary/aromatic N) is 1. The van der Waals surface area contributed by atoms with Crippen LogP contribution in [0.15, 0.2) is 30.3 Å². The first-order valence-electron chi connectivity index (χ1n) is 9.19. The number of carbonyl (C=O) groups excluding carboxylic acids is 2. The van der Waals surface area contributed by atoms with Crippen LogP contribution in [-0.2, 0) is 30.9 Å². The maximum Gasteiger partial charge on any atom is 0.311 e. The van der Waals surface area contributed by atoms with Gasteiger partial charge in [0.05, 0.1) is 35.1 Å². The molecule has 7 heteroatoms. The molecule has 3 rings (SSSR count). The fraction of sp³-hybridized carbons (Fsp3) is 0.381. The number of anilines is 1. The zero-order valence-corrected chi connectivity index (χ0v) is 16.7. The van der Waals surface area contributed by atoms with Gasteiger partial charge in [0.1, 0.15) is 6.61 Å². The Bertz CT molecular complexity index is 892. The lowest BCUT2D eigenvalue weighted by Crippen LogP contribution is -2.17. The molecule has 0 bridgehead atoms. The number of hydrogen-bond donors (Lipinski definition) is 1. The van der Waals surface area contributed by atoms with Crippen LogP contribution in [0.25, 0.3) is 11.3 Å². The Morgan fingerprint density at radius 2 is 1.89 bits per heavy atom. The molecule has 1 saturated carbocycles. The van der Waals surface area contributed by atoms with Crippen LogP contribution in [0.2, 0.25) is 5.02 Å². The van der Waals surface area contributed by atoms with E-state index < -0.39 is 0 Å². The summed E-state index contributed by atoms with van der Waals surface area (Å²) in [6.07, 6.45) is 1.97. The molecule has 0 spiro atoms. The molecule has 1 heterocycles.